The summed E-state index contributed by atoms with van der Waals surface area (Å²) in [6.07, 6.45) is 0. The van der Waals surface area contributed by atoms with Crippen LogP contribution < -0.4 is 14.8 Å². The number of likely N-dealkylation sites (tertiary alicyclic amines) is 1. The number of methoxy groups -OCH3 is 2. The molecular weight excluding hydrogens is 416 g/mol. The zero-order valence-corrected chi connectivity index (χ0v) is 18.9. The molecule has 2 atom stereocenters. The van der Waals surface area contributed by atoms with Crippen LogP contribution in [-0.2, 0) is 11.3 Å². The molecule has 0 saturated carbocycles. The van der Waals surface area contributed by atoms with Crippen LogP contribution in [-0.4, -0.2) is 44.0 Å². The van der Waals surface area contributed by atoms with Crippen molar-refractivity contribution in [1.82, 2.24) is 10.2 Å². The van der Waals surface area contributed by atoms with E-state index in [9.17, 15) is 9.59 Å². The van der Waals surface area contributed by atoms with Gasteiger partial charge in [-0.3, -0.25) is 9.59 Å². The maximum Gasteiger partial charge on any atom is 0.254 e. The molecule has 3 aromatic rings. The number of carbonyl (C=O) groups excluding carboxylic acids is 2. The molecule has 1 aliphatic rings. The summed E-state index contributed by atoms with van der Waals surface area (Å²) in [5, 5.41) is 3.06. The Balaban J connectivity index is 1.57. The second kappa shape index (κ2) is 10.2. The Morgan fingerprint density at radius 1 is 0.879 bits per heavy atom. The zero-order chi connectivity index (χ0) is 23.2. The molecule has 0 unspecified atom stereocenters. The Bertz CT molecular complexity index is 1120. The molecule has 1 aliphatic heterocycles. The molecule has 3 aromatic carbocycles. The van der Waals surface area contributed by atoms with Crippen molar-refractivity contribution in [2.75, 3.05) is 27.3 Å². The van der Waals surface area contributed by atoms with Gasteiger partial charge >= 0.3 is 0 Å². The van der Waals surface area contributed by atoms with E-state index >= 15 is 0 Å². The number of benzene rings is 3. The molecule has 0 aromatic heterocycles. The number of ether oxygens (including phenoxy) is 2. The van der Waals surface area contributed by atoms with Gasteiger partial charge in [0, 0.05) is 31.1 Å². The fourth-order valence-corrected chi connectivity index (χ4v) is 4.30. The average Bonchev–Trinajstić information content (AvgIpc) is 3.33. The van der Waals surface area contributed by atoms with Crippen LogP contribution in [0.4, 0.5) is 0 Å². The average molecular weight is 445 g/mol. The van der Waals surface area contributed by atoms with E-state index in [1.54, 1.807) is 43.4 Å². The van der Waals surface area contributed by atoms with Crippen molar-refractivity contribution in [2.45, 2.75) is 12.5 Å². The van der Waals surface area contributed by atoms with E-state index in [4.69, 9.17) is 9.47 Å². The first-order chi connectivity index (χ1) is 16.1. The Labute approximate surface area is 194 Å². The second-order valence-corrected chi connectivity index (χ2v) is 8.14. The number of amides is 2. The normalized spacial score (nSPS) is 17.5. The van der Waals surface area contributed by atoms with Gasteiger partial charge in [0.1, 0.15) is 11.5 Å². The van der Waals surface area contributed by atoms with E-state index in [1.165, 1.54) is 0 Å². The molecule has 170 valence electrons. The summed E-state index contributed by atoms with van der Waals surface area (Å²) in [5.41, 5.74) is 2.56. The van der Waals surface area contributed by atoms with Gasteiger partial charge in [-0.25, -0.2) is 0 Å². The van der Waals surface area contributed by atoms with Crippen LogP contribution >= 0.6 is 0 Å². The van der Waals surface area contributed by atoms with E-state index < -0.39 is 0 Å². The van der Waals surface area contributed by atoms with Crippen molar-refractivity contribution >= 4 is 11.8 Å². The van der Waals surface area contributed by atoms with E-state index in [-0.39, 0.29) is 23.7 Å². The zero-order valence-electron chi connectivity index (χ0n) is 18.9. The SMILES string of the molecule is COc1cccc(C(=O)N2C[C@H](C(=O)NCc3ccccc3)[C@@H](c3cccc(OC)c3)C2)c1. The molecule has 1 heterocycles. The summed E-state index contributed by atoms with van der Waals surface area (Å²) in [6.45, 7) is 1.25. The van der Waals surface area contributed by atoms with Crippen molar-refractivity contribution in [3.05, 3.63) is 95.6 Å². The van der Waals surface area contributed by atoms with Gasteiger partial charge < -0.3 is 19.7 Å². The molecule has 6 nitrogen and oxygen atoms in total. The Kier molecular flexibility index (Phi) is 6.93. The largest absolute Gasteiger partial charge is 0.497 e. The second-order valence-electron chi connectivity index (χ2n) is 8.14. The summed E-state index contributed by atoms with van der Waals surface area (Å²) < 4.78 is 10.7. The Morgan fingerprint density at radius 3 is 2.30 bits per heavy atom. The van der Waals surface area contributed by atoms with Gasteiger partial charge in [-0.05, 0) is 41.5 Å². The third-order valence-corrected chi connectivity index (χ3v) is 6.09. The minimum Gasteiger partial charge on any atom is -0.497 e. The molecule has 0 aliphatic carbocycles. The van der Waals surface area contributed by atoms with Gasteiger partial charge in [0.15, 0.2) is 0 Å². The third-order valence-electron chi connectivity index (χ3n) is 6.09. The maximum absolute atomic E-state index is 13.3. The summed E-state index contributed by atoms with van der Waals surface area (Å²) >= 11 is 0. The maximum atomic E-state index is 13.3. The van der Waals surface area contributed by atoms with Crippen LogP contribution in [0.2, 0.25) is 0 Å². The quantitative estimate of drug-likeness (QED) is 0.601. The predicted molar refractivity (Wildman–Crippen MR) is 126 cm³/mol. The number of carbonyl (C=O) groups is 2. The molecule has 0 bridgehead atoms. The predicted octanol–water partition coefficient (Wildman–Crippen LogP) is 3.88. The van der Waals surface area contributed by atoms with Crippen LogP contribution in [0.5, 0.6) is 11.5 Å². The highest BCUT2D eigenvalue weighted by Crippen LogP contribution is 2.35. The molecule has 1 fully saturated rings. The van der Waals surface area contributed by atoms with Gasteiger partial charge in [0.2, 0.25) is 5.91 Å². The first-order valence-corrected chi connectivity index (χ1v) is 11.0. The topological polar surface area (TPSA) is 67.9 Å². The van der Waals surface area contributed by atoms with E-state index in [0.29, 0.717) is 30.9 Å². The summed E-state index contributed by atoms with van der Waals surface area (Å²) in [5.74, 6) is 0.684. The fourth-order valence-electron chi connectivity index (χ4n) is 4.30. The molecule has 6 heteroatoms. The molecule has 1 N–H and O–H groups in total. The minimum absolute atomic E-state index is 0.0624. The molecule has 33 heavy (non-hydrogen) atoms. The van der Waals surface area contributed by atoms with Crippen LogP contribution in [0.15, 0.2) is 78.9 Å². The van der Waals surface area contributed by atoms with Gasteiger partial charge in [-0.2, -0.15) is 0 Å². The van der Waals surface area contributed by atoms with Gasteiger partial charge in [0.05, 0.1) is 20.1 Å². The van der Waals surface area contributed by atoms with Crippen molar-refractivity contribution < 1.29 is 19.1 Å². The monoisotopic (exact) mass is 444 g/mol. The first kappa shape index (κ1) is 22.4. The Hall–Kier alpha value is -3.80. The molecule has 0 spiro atoms. The highest BCUT2D eigenvalue weighted by Gasteiger charge is 2.40. The summed E-state index contributed by atoms with van der Waals surface area (Å²) in [7, 11) is 3.20. The highest BCUT2D eigenvalue weighted by atomic mass is 16.5. The van der Waals surface area contributed by atoms with Crippen LogP contribution in [0.1, 0.15) is 27.4 Å². The van der Waals surface area contributed by atoms with Gasteiger partial charge in [0.25, 0.3) is 5.91 Å². The lowest BCUT2D eigenvalue weighted by Gasteiger charge is -2.18. The third kappa shape index (κ3) is 5.17. The van der Waals surface area contributed by atoms with E-state index in [1.807, 2.05) is 54.6 Å². The fraction of sp³-hybridized carbons (Fsp3) is 0.259. The Morgan fingerprint density at radius 2 is 1.58 bits per heavy atom. The molecule has 2 amide bonds. The van der Waals surface area contributed by atoms with Gasteiger partial charge in [-0.15, -0.1) is 0 Å². The van der Waals surface area contributed by atoms with Crippen LogP contribution in [0.3, 0.4) is 0 Å². The molecule has 0 radical (unpaired) electrons. The van der Waals surface area contributed by atoms with Crippen LogP contribution in [0.25, 0.3) is 0 Å². The number of rotatable bonds is 7. The smallest absolute Gasteiger partial charge is 0.254 e. The lowest BCUT2D eigenvalue weighted by molar-refractivity contribution is -0.125. The number of hydrogen-bond donors (Lipinski definition) is 1. The minimum atomic E-state index is -0.365. The number of nitrogens with zero attached hydrogens (tertiary/aromatic N) is 1. The van der Waals surface area contributed by atoms with Crippen molar-refractivity contribution in [3.63, 3.8) is 0 Å². The molecule has 4 rings (SSSR count). The van der Waals surface area contributed by atoms with Crippen molar-refractivity contribution in [3.8, 4) is 11.5 Å². The van der Waals surface area contributed by atoms with Gasteiger partial charge in [-0.1, -0.05) is 48.5 Å². The summed E-state index contributed by atoms with van der Waals surface area (Å²) in [4.78, 5) is 28.3. The van der Waals surface area contributed by atoms with E-state index in [2.05, 4.69) is 5.32 Å². The number of hydrogen-bond acceptors (Lipinski definition) is 4. The van der Waals surface area contributed by atoms with Crippen molar-refractivity contribution in [1.29, 1.82) is 0 Å². The number of nitrogens with one attached hydrogen (secondary N) is 1. The lowest BCUT2D eigenvalue weighted by atomic mass is 9.88. The van der Waals surface area contributed by atoms with E-state index in [0.717, 1.165) is 16.9 Å². The standard InChI is InChI=1S/C27H28N2O4/c1-32-22-12-6-10-20(14-22)24-17-29(27(31)21-11-7-13-23(15-21)33-2)18-25(24)26(30)28-16-19-8-4-3-5-9-19/h3-15,24-25H,16-18H2,1-2H3,(H,28,30)/t24-,25+/m1/s1. The summed E-state index contributed by atoms with van der Waals surface area (Å²) in [6, 6.07) is 24.6. The lowest BCUT2D eigenvalue weighted by Crippen LogP contribution is -2.35. The van der Waals surface area contributed by atoms with Crippen molar-refractivity contribution in [2.24, 2.45) is 5.92 Å². The van der Waals surface area contributed by atoms with Crippen LogP contribution in [0, 0.1) is 5.92 Å². The molecule has 1 saturated heterocycles. The molecular formula is C27H28N2O4. The first-order valence-electron chi connectivity index (χ1n) is 11.0. The highest BCUT2D eigenvalue weighted by molar-refractivity contribution is 5.95.